The molecule has 0 bridgehead atoms. The van der Waals surface area contributed by atoms with Crippen LogP contribution in [-0.4, -0.2) is 35.9 Å². The van der Waals surface area contributed by atoms with Gasteiger partial charge in [0.2, 0.25) is 0 Å². The summed E-state index contributed by atoms with van der Waals surface area (Å²) < 4.78 is 40.5. The number of likely N-dealkylation sites (N-methyl/N-ethyl adjacent to an activating group) is 1. The summed E-state index contributed by atoms with van der Waals surface area (Å²) in [5.41, 5.74) is 0.0374. The predicted octanol–water partition coefficient (Wildman–Crippen LogP) is 4.44. The van der Waals surface area contributed by atoms with Gasteiger partial charge in [0.1, 0.15) is 23.5 Å². The van der Waals surface area contributed by atoms with E-state index in [9.17, 15) is 23.2 Å². The van der Waals surface area contributed by atoms with Gasteiger partial charge in [0.25, 0.3) is 5.91 Å². The monoisotopic (exact) mass is 436 g/mol. The number of halogens is 4. The maximum atomic E-state index is 13.5. The highest BCUT2D eigenvalue weighted by molar-refractivity contribution is 6.24. The summed E-state index contributed by atoms with van der Waals surface area (Å²) in [6, 6.07) is 8.81. The SMILES string of the molecule is Cc1cccc(N(C)C(=O)[C@@H]2[C@H](Cl)CCN2c2nc(C)cc(C(F)(F)F)c2C#N)c1. The highest BCUT2D eigenvalue weighted by Crippen LogP contribution is 2.38. The zero-order valence-electron chi connectivity index (χ0n) is 16.7. The lowest BCUT2D eigenvalue weighted by Crippen LogP contribution is -2.48. The number of carbonyl (C=O) groups excluding carboxylic acids is 1. The summed E-state index contributed by atoms with van der Waals surface area (Å²) in [4.78, 5) is 20.3. The Balaban J connectivity index is 2.05. The fraction of sp³-hybridized carbons (Fsp3) is 0.381. The second-order valence-electron chi connectivity index (χ2n) is 7.30. The molecule has 2 aromatic rings. The van der Waals surface area contributed by atoms with Crippen molar-refractivity contribution in [3.63, 3.8) is 0 Å². The number of aromatic nitrogens is 1. The Bertz CT molecular complexity index is 1020. The summed E-state index contributed by atoms with van der Waals surface area (Å²) in [6.07, 6.45) is -4.34. The minimum absolute atomic E-state index is 0.104. The number of nitriles is 1. The van der Waals surface area contributed by atoms with Gasteiger partial charge in [0.05, 0.1) is 10.9 Å². The Morgan fingerprint density at radius 3 is 2.63 bits per heavy atom. The standard InChI is InChI=1S/C21H20ClF3N4O/c1-12-5-4-6-14(9-12)28(3)20(30)18-17(22)7-8-29(18)19-15(11-26)16(21(23,24)25)10-13(2)27-19/h4-6,9-10,17-18H,7-8H2,1-3H3/t17-,18+/m1/s1. The number of rotatable bonds is 3. The molecule has 0 unspecified atom stereocenters. The van der Waals surface area contributed by atoms with Gasteiger partial charge in [-0.05, 0) is 44.0 Å². The number of pyridine rings is 1. The maximum Gasteiger partial charge on any atom is 0.417 e. The zero-order chi connectivity index (χ0) is 22.2. The molecule has 1 amide bonds. The molecule has 1 aromatic carbocycles. The van der Waals surface area contributed by atoms with Crippen molar-refractivity contribution in [2.75, 3.05) is 23.4 Å². The van der Waals surface area contributed by atoms with E-state index in [2.05, 4.69) is 4.98 Å². The summed E-state index contributed by atoms with van der Waals surface area (Å²) in [7, 11) is 1.59. The van der Waals surface area contributed by atoms with Gasteiger partial charge in [0, 0.05) is 25.0 Å². The largest absolute Gasteiger partial charge is 0.417 e. The molecule has 0 radical (unpaired) electrons. The van der Waals surface area contributed by atoms with Crippen LogP contribution in [0.3, 0.4) is 0 Å². The molecule has 1 aliphatic heterocycles. The van der Waals surface area contributed by atoms with E-state index in [1.54, 1.807) is 19.2 Å². The van der Waals surface area contributed by atoms with Crippen molar-refractivity contribution in [3.05, 3.63) is 52.7 Å². The van der Waals surface area contributed by atoms with Crippen molar-refractivity contribution < 1.29 is 18.0 Å². The second kappa shape index (κ2) is 8.15. The Labute approximate surface area is 177 Å². The van der Waals surface area contributed by atoms with E-state index in [-0.39, 0.29) is 24.0 Å². The molecule has 0 saturated carbocycles. The number of amides is 1. The van der Waals surface area contributed by atoms with Crippen LogP contribution < -0.4 is 9.80 Å². The van der Waals surface area contributed by atoms with E-state index in [0.29, 0.717) is 12.1 Å². The summed E-state index contributed by atoms with van der Waals surface area (Å²) in [5.74, 6) is -0.539. The van der Waals surface area contributed by atoms with Crippen LogP contribution in [0.25, 0.3) is 0 Å². The number of anilines is 2. The van der Waals surface area contributed by atoms with Gasteiger partial charge >= 0.3 is 6.18 Å². The van der Waals surface area contributed by atoms with E-state index in [4.69, 9.17) is 11.6 Å². The van der Waals surface area contributed by atoms with E-state index in [1.807, 2.05) is 25.1 Å². The first-order valence-corrected chi connectivity index (χ1v) is 9.72. The molecule has 2 atom stereocenters. The third-order valence-electron chi connectivity index (χ3n) is 5.11. The van der Waals surface area contributed by atoms with Crippen molar-refractivity contribution in [1.29, 1.82) is 5.26 Å². The smallest absolute Gasteiger partial charge is 0.342 e. The molecule has 2 heterocycles. The highest BCUT2D eigenvalue weighted by atomic mass is 35.5. The van der Waals surface area contributed by atoms with Crippen molar-refractivity contribution in [2.45, 2.75) is 37.9 Å². The van der Waals surface area contributed by atoms with E-state index in [0.717, 1.165) is 11.6 Å². The Hall–Kier alpha value is -2.79. The van der Waals surface area contributed by atoms with Crippen LogP contribution in [0.15, 0.2) is 30.3 Å². The van der Waals surface area contributed by atoms with Gasteiger partial charge in [-0.25, -0.2) is 4.98 Å². The van der Waals surface area contributed by atoms with Gasteiger partial charge in [0.15, 0.2) is 0 Å². The summed E-state index contributed by atoms with van der Waals surface area (Å²) >= 11 is 6.42. The Morgan fingerprint density at radius 2 is 2.03 bits per heavy atom. The van der Waals surface area contributed by atoms with Crippen LogP contribution in [0, 0.1) is 25.2 Å². The number of hydrogen-bond acceptors (Lipinski definition) is 4. The number of aryl methyl sites for hydroxylation is 2. The zero-order valence-corrected chi connectivity index (χ0v) is 17.4. The molecular weight excluding hydrogens is 417 g/mol. The van der Waals surface area contributed by atoms with Crippen LogP contribution >= 0.6 is 11.6 Å². The lowest BCUT2D eigenvalue weighted by atomic mass is 10.1. The quantitative estimate of drug-likeness (QED) is 0.667. The van der Waals surface area contributed by atoms with Crippen molar-refractivity contribution >= 4 is 29.0 Å². The normalized spacial score (nSPS) is 18.9. The third kappa shape index (κ3) is 4.08. The Morgan fingerprint density at radius 1 is 1.33 bits per heavy atom. The van der Waals surface area contributed by atoms with Crippen LogP contribution in [0.5, 0.6) is 0 Å². The topological polar surface area (TPSA) is 60.2 Å². The molecule has 0 spiro atoms. The third-order valence-corrected chi connectivity index (χ3v) is 5.57. The molecule has 30 heavy (non-hydrogen) atoms. The average Bonchev–Trinajstić information content (AvgIpc) is 3.06. The number of nitrogens with zero attached hydrogens (tertiary/aromatic N) is 4. The first-order valence-electron chi connectivity index (χ1n) is 9.28. The van der Waals surface area contributed by atoms with E-state index in [1.165, 1.54) is 16.7 Å². The molecule has 158 valence electrons. The first kappa shape index (κ1) is 21.9. The molecule has 1 fully saturated rings. The molecule has 0 N–H and O–H groups in total. The van der Waals surface area contributed by atoms with Gasteiger partial charge < -0.3 is 9.80 Å². The molecule has 5 nitrogen and oxygen atoms in total. The van der Waals surface area contributed by atoms with Gasteiger partial charge in [-0.2, -0.15) is 18.4 Å². The predicted molar refractivity (Wildman–Crippen MR) is 109 cm³/mol. The minimum atomic E-state index is -4.72. The van der Waals surface area contributed by atoms with Gasteiger partial charge in [-0.3, -0.25) is 4.79 Å². The Kier molecular flexibility index (Phi) is 5.95. The van der Waals surface area contributed by atoms with Crippen molar-refractivity contribution in [3.8, 4) is 6.07 Å². The average molecular weight is 437 g/mol. The molecule has 9 heteroatoms. The molecule has 3 rings (SSSR count). The lowest BCUT2D eigenvalue weighted by molar-refractivity contribution is -0.137. The molecular formula is C21H20ClF3N4O. The highest BCUT2D eigenvalue weighted by Gasteiger charge is 2.44. The molecule has 1 aliphatic rings. The van der Waals surface area contributed by atoms with E-state index >= 15 is 0 Å². The van der Waals surface area contributed by atoms with Crippen molar-refractivity contribution in [2.24, 2.45) is 0 Å². The summed E-state index contributed by atoms with van der Waals surface area (Å²) in [6.45, 7) is 3.53. The van der Waals surface area contributed by atoms with Crippen LogP contribution in [0.1, 0.15) is 28.8 Å². The number of hydrogen-bond donors (Lipinski definition) is 0. The maximum absolute atomic E-state index is 13.5. The van der Waals surface area contributed by atoms with Crippen LogP contribution in [-0.2, 0) is 11.0 Å². The fourth-order valence-corrected chi connectivity index (χ4v) is 3.98. The van der Waals surface area contributed by atoms with Crippen LogP contribution in [0.2, 0.25) is 0 Å². The van der Waals surface area contributed by atoms with E-state index < -0.39 is 28.7 Å². The first-order chi connectivity index (χ1) is 14.0. The summed E-state index contributed by atoms with van der Waals surface area (Å²) in [5, 5.41) is 8.85. The molecule has 0 aliphatic carbocycles. The van der Waals surface area contributed by atoms with Gasteiger partial charge in [-0.1, -0.05) is 12.1 Å². The number of carbonyl (C=O) groups is 1. The molecule has 1 aromatic heterocycles. The van der Waals surface area contributed by atoms with Crippen LogP contribution in [0.4, 0.5) is 24.7 Å². The fourth-order valence-electron chi connectivity index (χ4n) is 3.64. The van der Waals surface area contributed by atoms with Crippen molar-refractivity contribution in [1.82, 2.24) is 4.98 Å². The molecule has 1 saturated heterocycles. The number of alkyl halides is 4. The minimum Gasteiger partial charge on any atom is -0.342 e. The second-order valence-corrected chi connectivity index (χ2v) is 7.86. The van der Waals surface area contributed by atoms with Gasteiger partial charge in [-0.15, -0.1) is 11.6 Å². The number of benzene rings is 1. The lowest BCUT2D eigenvalue weighted by Gasteiger charge is -2.31.